The molecule has 0 amide bonds. The van der Waals surface area contributed by atoms with Crippen molar-refractivity contribution in [2.45, 2.75) is 13.5 Å². The zero-order valence-corrected chi connectivity index (χ0v) is 8.81. The summed E-state index contributed by atoms with van der Waals surface area (Å²) in [5.41, 5.74) is 1.15. The van der Waals surface area contributed by atoms with Crippen LogP contribution in [0, 0.1) is 6.92 Å². The fourth-order valence-electron chi connectivity index (χ4n) is 1.21. The first kappa shape index (κ1) is 9.64. The van der Waals surface area contributed by atoms with Crippen molar-refractivity contribution in [1.82, 2.24) is 19.7 Å². The first-order valence-corrected chi connectivity index (χ1v) is 4.75. The molecule has 2 heterocycles. The maximum atomic E-state index is 4.24. The smallest absolute Gasteiger partial charge is 0.151 e. The SMILES string of the molecule is Cc1ccc(NCc2nncn2C)nc1. The number of hydrogen-bond acceptors (Lipinski definition) is 4. The second-order valence-corrected chi connectivity index (χ2v) is 3.43. The minimum atomic E-state index is 0.632. The van der Waals surface area contributed by atoms with Crippen molar-refractivity contribution in [3.8, 4) is 0 Å². The predicted octanol–water partition coefficient (Wildman–Crippen LogP) is 1.13. The molecule has 0 aliphatic carbocycles. The quantitative estimate of drug-likeness (QED) is 0.812. The Morgan fingerprint density at radius 1 is 1.40 bits per heavy atom. The number of aromatic nitrogens is 4. The number of nitrogens with one attached hydrogen (secondary N) is 1. The van der Waals surface area contributed by atoms with Crippen molar-refractivity contribution < 1.29 is 0 Å². The third-order valence-corrected chi connectivity index (χ3v) is 2.14. The van der Waals surface area contributed by atoms with E-state index in [4.69, 9.17) is 0 Å². The van der Waals surface area contributed by atoms with Gasteiger partial charge in [0.2, 0.25) is 0 Å². The standard InChI is InChI=1S/C10H13N5/c1-8-3-4-9(11-5-8)12-6-10-14-13-7-15(10)2/h3-5,7H,6H2,1-2H3,(H,11,12). The molecule has 0 aliphatic heterocycles. The highest BCUT2D eigenvalue weighted by atomic mass is 15.3. The highest BCUT2D eigenvalue weighted by molar-refractivity contribution is 5.35. The van der Waals surface area contributed by atoms with Gasteiger partial charge in [0.05, 0.1) is 6.54 Å². The van der Waals surface area contributed by atoms with Crippen molar-refractivity contribution in [3.05, 3.63) is 36.0 Å². The molecule has 0 spiro atoms. The molecule has 2 aromatic heterocycles. The highest BCUT2D eigenvalue weighted by Crippen LogP contribution is 2.05. The topological polar surface area (TPSA) is 55.6 Å². The van der Waals surface area contributed by atoms with Crippen LogP contribution in [0.1, 0.15) is 11.4 Å². The number of pyridine rings is 1. The summed E-state index contributed by atoms with van der Waals surface area (Å²) in [5, 5.41) is 11.0. The summed E-state index contributed by atoms with van der Waals surface area (Å²) >= 11 is 0. The van der Waals surface area contributed by atoms with Crippen molar-refractivity contribution in [2.75, 3.05) is 5.32 Å². The summed E-state index contributed by atoms with van der Waals surface area (Å²) in [5.74, 6) is 1.74. The van der Waals surface area contributed by atoms with Gasteiger partial charge < -0.3 is 9.88 Å². The Morgan fingerprint density at radius 3 is 2.87 bits per heavy atom. The number of rotatable bonds is 3. The van der Waals surface area contributed by atoms with Crippen LogP contribution >= 0.6 is 0 Å². The van der Waals surface area contributed by atoms with Crippen LogP contribution in [0.5, 0.6) is 0 Å². The van der Waals surface area contributed by atoms with Gasteiger partial charge in [-0.1, -0.05) is 6.07 Å². The van der Waals surface area contributed by atoms with Crippen LogP contribution in [0.15, 0.2) is 24.7 Å². The first-order valence-electron chi connectivity index (χ1n) is 4.75. The first-order chi connectivity index (χ1) is 7.25. The lowest BCUT2D eigenvalue weighted by atomic mass is 10.3. The molecule has 5 nitrogen and oxygen atoms in total. The normalized spacial score (nSPS) is 10.3. The maximum Gasteiger partial charge on any atom is 0.151 e. The molecular weight excluding hydrogens is 190 g/mol. The Balaban J connectivity index is 1.99. The zero-order chi connectivity index (χ0) is 10.7. The molecule has 0 aromatic carbocycles. The molecule has 15 heavy (non-hydrogen) atoms. The summed E-state index contributed by atoms with van der Waals surface area (Å²) < 4.78 is 1.88. The Bertz CT molecular complexity index is 431. The van der Waals surface area contributed by atoms with Gasteiger partial charge in [0.1, 0.15) is 12.1 Å². The van der Waals surface area contributed by atoms with Gasteiger partial charge in [-0.3, -0.25) is 0 Å². The molecule has 0 aliphatic rings. The number of nitrogens with zero attached hydrogens (tertiary/aromatic N) is 4. The van der Waals surface area contributed by atoms with Gasteiger partial charge in [-0.05, 0) is 18.6 Å². The average Bonchev–Trinajstić information content (AvgIpc) is 2.63. The van der Waals surface area contributed by atoms with Crippen LogP contribution in [0.25, 0.3) is 0 Å². The summed E-state index contributed by atoms with van der Waals surface area (Å²) in [6.07, 6.45) is 3.51. The van der Waals surface area contributed by atoms with Gasteiger partial charge >= 0.3 is 0 Å². The van der Waals surface area contributed by atoms with E-state index in [0.717, 1.165) is 17.2 Å². The lowest BCUT2D eigenvalue weighted by Crippen LogP contribution is -2.06. The van der Waals surface area contributed by atoms with Crippen LogP contribution in [-0.2, 0) is 13.6 Å². The largest absolute Gasteiger partial charge is 0.363 e. The third-order valence-electron chi connectivity index (χ3n) is 2.14. The summed E-state index contributed by atoms with van der Waals surface area (Å²) in [6, 6.07) is 3.97. The molecule has 0 radical (unpaired) electrons. The zero-order valence-electron chi connectivity index (χ0n) is 8.81. The van der Waals surface area contributed by atoms with E-state index < -0.39 is 0 Å². The minimum Gasteiger partial charge on any atom is -0.363 e. The van der Waals surface area contributed by atoms with E-state index in [1.54, 1.807) is 6.33 Å². The second kappa shape index (κ2) is 4.08. The number of hydrogen-bond donors (Lipinski definition) is 1. The van der Waals surface area contributed by atoms with Crippen LogP contribution < -0.4 is 5.32 Å². The van der Waals surface area contributed by atoms with E-state index in [-0.39, 0.29) is 0 Å². The minimum absolute atomic E-state index is 0.632. The Kier molecular flexibility index (Phi) is 2.62. The van der Waals surface area contributed by atoms with Crippen molar-refractivity contribution in [2.24, 2.45) is 7.05 Å². The van der Waals surface area contributed by atoms with Gasteiger partial charge in [-0.15, -0.1) is 10.2 Å². The molecule has 0 atom stereocenters. The number of anilines is 1. The molecule has 0 saturated heterocycles. The lowest BCUT2D eigenvalue weighted by Gasteiger charge is -2.04. The van der Waals surface area contributed by atoms with Crippen LogP contribution in [0.2, 0.25) is 0 Å². The summed E-state index contributed by atoms with van der Waals surface area (Å²) in [6.45, 7) is 2.64. The summed E-state index contributed by atoms with van der Waals surface area (Å²) in [7, 11) is 1.92. The fraction of sp³-hybridized carbons (Fsp3) is 0.300. The maximum absolute atomic E-state index is 4.24. The van der Waals surface area contributed by atoms with Crippen LogP contribution in [0.3, 0.4) is 0 Å². The molecule has 5 heteroatoms. The molecule has 78 valence electrons. The van der Waals surface area contributed by atoms with E-state index in [1.165, 1.54) is 0 Å². The predicted molar refractivity (Wildman–Crippen MR) is 57.3 cm³/mol. The van der Waals surface area contributed by atoms with Gasteiger partial charge in [-0.25, -0.2) is 4.98 Å². The molecule has 2 rings (SSSR count). The van der Waals surface area contributed by atoms with E-state index in [1.807, 2.05) is 36.9 Å². The molecular formula is C10H13N5. The summed E-state index contributed by atoms with van der Waals surface area (Å²) in [4.78, 5) is 4.24. The van der Waals surface area contributed by atoms with Crippen molar-refractivity contribution in [1.29, 1.82) is 0 Å². The van der Waals surface area contributed by atoms with E-state index in [9.17, 15) is 0 Å². The van der Waals surface area contributed by atoms with Crippen LogP contribution in [-0.4, -0.2) is 19.7 Å². The monoisotopic (exact) mass is 203 g/mol. The average molecular weight is 203 g/mol. The second-order valence-electron chi connectivity index (χ2n) is 3.43. The molecule has 0 saturated carbocycles. The highest BCUT2D eigenvalue weighted by Gasteiger charge is 2.00. The Hall–Kier alpha value is -1.91. The van der Waals surface area contributed by atoms with Gasteiger partial charge in [-0.2, -0.15) is 0 Å². The van der Waals surface area contributed by atoms with Gasteiger partial charge in [0, 0.05) is 13.2 Å². The van der Waals surface area contributed by atoms with Crippen molar-refractivity contribution in [3.63, 3.8) is 0 Å². The molecule has 0 bridgehead atoms. The van der Waals surface area contributed by atoms with Crippen LogP contribution in [0.4, 0.5) is 5.82 Å². The Morgan fingerprint density at radius 2 is 2.27 bits per heavy atom. The molecule has 0 unspecified atom stereocenters. The van der Waals surface area contributed by atoms with E-state index in [0.29, 0.717) is 6.54 Å². The Labute approximate surface area is 88.2 Å². The van der Waals surface area contributed by atoms with Crippen molar-refractivity contribution >= 4 is 5.82 Å². The van der Waals surface area contributed by atoms with E-state index in [2.05, 4.69) is 20.5 Å². The van der Waals surface area contributed by atoms with Gasteiger partial charge in [0.15, 0.2) is 5.82 Å². The molecule has 1 N–H and O–H groups in total. The fourth-order valence-corrected chi connectivity index (χ4v) is 1.21. The molecule has 0 fully saturated rings. The van der Waals surface area contributed by atoms with E-state index >= 15 is 0 Å². The number of aryl methyl sites for hydroxylation is 2. The lowest BCUT2D eigenvalue weighted by molar-refractivity contribution is 0.810. The van der Waals surface area contributed by atoms with Gasteiger partial charge in [0.25, 0.3) is 0 Å². The third kappa shape index (κ3) is 2.31. The molecule has 2 aromatic rings.